The molecule has 0 atom stereocenters. The second-order valence-electron chi connectivity index (χ2n) is 3.56. The molecule has 0 saturated heterocycles. The van der Waals surface area contributed by atoms with Crippen LogP contribution in [0.5, 0.6) is 0 Å². The zero-order chi connectivity index (χ0) is 12.4. The van der Waals surface area contributed by atoms with E-state index in [1.807, 2.05) is 7.05 Å². The van der Waals surface area contributed by atoms with E-state index in [-0.39, 0.29) is 5.56 Å². The van der Waals surface area contributed by atoms with E-state index in [4.69, 9.17) is 11.6 Å². The van der Waals surface area contributed by atoms with Crippen LogP contribution in [0.15, 0.2) is 22.2 Å². The van der Waals surface area contributed by atoms with E-state index in [1.165, 1.54) is 17.8 Å². The molecule has 90 valence electrons. The van der Waals surface area contributed by atoms with Crippen molar-refractivity contribution in [1.29, 1.82) is 0 Å². The van der Waals surface area contributed by atoms with Gasteiger partial charge in [-0.25, -0.2) is 9.97 Å². The lowest BCUT2D eigenvalue weighted by atomic mass is 10.5. The van der Waals surface area contributed by atoms with E-state index in [0.717, 1.165) is 5.69 Å². The first-order valence-corrected chi connectivity index (χ1v) is 6.29. The molecule has 1 N–H and O–H groups in total. The molecule has 0 spiro atoms. The van der Waals surface area contributed by atoms with Crippen LogP contribution in [0.25, 0.3) is 0 Å². The maximum atomic E-state index is 11.2. The van der Waals surface area contributed by atoms with Gasteiger partial charge in [0.15, 0.2) is 5.16 Å². The average Bonchev–Trinajstić information content (AvgIpc) is 2.56. The van der Waals surface area contributed by atoms with Crippen LogP contribution >= 0.6 is 23.4 Å². The number of hydrogen-bond donors (Lipinski definition) is 1. The molecule has 0 aliphatic carbocycles. The van der Waals surface area contributed by atoms with Crippen molar-refractivity contribution < 1.29 is 0 Å². The molecule has 0 aliphatic rings. The van der Waals surface area contributed by atoms with Gasteiger partial charge in [0.2, 0.25) is 5.28 Å². The van der Waals surface area contributed by atoms with Gasteiger partial charge in [0, 0.05) is 30.3 Å². The minimum atomic E-state index is -0.136. The zero-order valence-electron chi connectivity index (χ0n) is 9.40. The number of aromatic nitrogens is 4. The SMILES string of the molecule is Cc1cc(=O)[nH]c(SCc2cnc(Cl)n2C)n1. The normalized spacial score (nSPS) is 10.8. The summed E-state index contributed by atoms with van der Waals surface area (Å²) in [5.41, 5.74) is 1.55. The topological polar surface area (TPSA) is 63.6 Å². The Morgan fingerprint density at radius 2 is 2.35 bits per heavy atom. The monoisotopic (exact) mass is 270 g/mol. The van der Waals surface area contributed by atoms with E-state index in [1.54, 1.807) is 17.7 Å². The number of thioether (sulfide) groups is 1. The quantitative estimate of drug-likeness (QED) is 0.682. The summed E-state index contributed by atoms with van der Waals surface area (Å²) in [5.74, 6) is 0.655. The van der Waals surface area contributed by atoms with Gasteiger partial charge in [0.25, 0.3) is 5.56 Å². The first kappa shape index (κ1) is 12.2. The van der Waals surface area contributed by atoms with E-state index < -0.39 is 0 Å². The standard InChI is InChI=1S/C10H11ClN4OS/c1-6-3-8(16)14-10(13-6)17-5-7-4-12-9(11)15(7)2/h3-4H,5H2,1-2H3,(H,13,14,16). The van der Waals surface area contributed by atoms with Crippen LogP contribution in [0.2, 0.25) is 5.28 Å². The highest BCUT2D eigenvalue weighted by molar-refractivity contribution is 7.98. The Hall–Kier alpha value is -1.27. The van der Waals surface area contributed by atoms with Crippen molar-refractivity contribution in [3.63, 3.8) is 0 Å². The molecular formula is C10H11ClN4OS. The van der Waals surface area contributed by atoms with Crippen LogP contribution in [0.4, 0.5) is 0 Å². The van der Waals surface area contributed by atoms with Gasteiger partial charge in [-0.3, -0.25) is 4.79 Å². The summed E-state index contributed by atoms with van der Waals surface area (Å²) in [5, 5.41) is 1.05. The van der Waals surface area contributed by atoms with Gasteiger partial charge >= 0.3 is 0 Å². The van der Waals surface area contributed by atoms with Crippen molar-refractivity contribution >= 4 is 23.4 Å². The number of aryl methyl sites for hydroxylation is 1. The van der Waals surface area contributed by atoms with E-state index >= 15 is 0 Å². The molecule has 2 heterocycles. The minimum Gasteiger partial charge on any atom is -0.321 e. The Morgan fingerprint density at radius 3 is 2.94 bits per heavy atom. The lowest BCUT2D eigenvalue weighted by Gasteiger charge is -2.03. The summed E-state index contributed by atoms with van der Waals surface area (Å²) >= 11 is 7.27. The number of rotatable bonds is 3. The summed E-state index contributed by atoms with van der Waals surface area (Å²) in [6.07, 6.45) is 1.71. The predicted octanol–water partition coefficient (Wildman–Crippen LogP) is 1.76. The molecule has 7 heteroatoms. The number of H-pyrrole nitrogens is 1. The molecule has 2 aromatic heterocycles. The van der Waals surface area contributed by atoms with Crippen molar-refractivity contribution in [2.45, 2.75) is 17.8 Å². The number of nitrogens with one attached hydrogen (secondary N) is 1. The van der Waals surface area contributed by atoms with Crippen molar-refractivity contribution in [1.82, 2.24) is 19.5 Å². The minimum absolute atomic E-state index is 0.136. The molecule has 5 nitrogen and oxygen atoms in total. The van der Waals surface area contributed by atoms with Gasteiger partial charge < -0.3 is 9.55 Å². The first-order valence-electron chi connectivity index (χ1n) is 4.93. The second-order valence-corrected chi connectivity index (χ2v) is 4.86. The first-order chi connectivity index (χ1) is 8.06. The van der Waals surface area contributed by atoms with E-state index in [2.05, 4.69) is 15.0 Å². The number of imidazole rings is 1. The van der Waals surface area contributed by atoms with Gasteiger partial charge in [0.1, 0.15) is 0 Å². The van der Waals surface area contributed by atoms with Crippen molar-refractivity contribution in [2.24, 2.45) is 7.05 Å². The number of hydrogen-bond acceptors (Lipinski definition) is 4. The number of nitrogens with zero attached hydrogens (tertiary/aromatic N) is 3. The highest BCUT2D eigenvalue weighted by atomic mass is 35.5. The Balaban J connectivity index is 2.12. The zero-order valence-corrected chi connectivity index (χ0v) is 11.0. The van der Waals surface area contributed by atoms with Crippen molar-refractivity contribution in [3.05, 3.63) is 39.3 Å². The molecule has 2 rings (SSSR count). The molecule has 0 amide bonds. The Bertz CT molecular complexity index is 592. The van der Waals surface area contributed by atoms with Crippen LogP contribution in [-0.2, 0) is 12.8 Å². The highest BCUT2D eigenvalue weighted by Gasteiger charge is 2.06. The molecule has 2 aromatic rings. The van der Waals surface area contributed by atoms with Gasteiger partial charge in [-0.05, 0) is 18.5 Å². The molecule has 17 heavy (non-hydrogen) atoms. The predicted molar refractivity (Wildman–Crippen MR) is 67.4 cm³/mol. The van der Waals surface area contributed by atoms with Gasteiger partial charge in [-0.2, -0.15) is 0 Å². The van der Waals surface area contributed by atoms with Gasteiger partial charge in [-0.15, -0.1) is 0 Å². The van der Waals surface area contributed by atoms with Crippen LogP contribution in [0.1, 0.15) is 11.4 Å². The number of aromatic amines is 1. The molecular weight excluding hydrogens is 260 g/mol. The molecule has 0 aliphatic heterocycles. The molecule has 0 aromatic carbocycles. The number of halogens is 1. The highest BCUT2D eigenvalue weighted by Crippen LogP contribution is 2.19. The molecule has 0 saturated carbocycles. The van der Waals surface area contributed by atoms with Gasteiger partial charge in [0.05, 0.1) is 6.20 Å². The fourth-order valence-corrected chi connectivity index (χ4v) is 2.41. The average molecular weight is 271 g/mol. The third-order valence-electron chi connectivity index (χ3n) is 2.23. The lowest BCUT2D eigenvalue weighted by Crippen LogP contribution is -2.08. The third-order valence-corrected chi connectivity index (χ3v) is 3.49. The van der Waals surface area contributed by atoms with Gasteiger partial charge in [-0.1, -0.05) is 11.8 Å². The largest absolute Gasteiger partial charge is 0.321 e. The molecule has 0 unspecified atom stereocenters. The van der Waals surface area contributed by atoms with E-state index in [0.29, 0.717) is 21.9 Å². The van der Waals surface area contributed by atoms with E-state index in [9.17, 15) is 4.79 Å². The molecule has 0 bridgehead atoms. The maximum absolute atomic E-state index is 11.2. The van der Waals surface area contributed by atoms with Crippen LogP contribution in [0.3, 0.4) is 0 Å². The Labute approximate surface area is 107 Å². The van der Waals surface area contributed by atoms with Crippen LogP contribution < -0.4 is 5.56 Å². The Kier molecular flexibility index (Phi) is 3.54. The summed E-state index contributed by atoms with van der Waals surface area (Å²) in [6.45, 7) is 1.79. The maximum Gasteiger partial charge on any atom is 0.251 e. The summed E-state index contributed by atoms with van der Waals surface area (Å²) < 4.78 is 1.79. The van der Waals surface area contributed by atoms with Crippen molar-refractivity contribution in [3.8, 4) is 0 Å². The summed E-state index contributed by atoms with van der Waals surface area (Å²) in [7, 11) is 1.84. The Morgan fingerprint density at radius 1 is 1.59 bits per heavy atom. The summed E-state index contributed by atoms with van der Waals surface area (Å²) in [4.78, 5) is 22.1. The second kappa shape index (κ2) is 4.93. The third kappa shape index (κ3) is 2.89. The molecule has 0 fully saturated rings. The van der Waals surface area contributed by atoms with Crippen molar-refractivity contribution in [2.75, 3.05) is 0 Å². The smallest absolute Gasteiger partial charge is 0.251 e. The van der Waals surface area contributed by atoms with Crippen LogP contribution in [0, 0.1) is 6.92 Å². The fourth-order valence-electron chi connectivity index (χ4n) is 1.32. The fraction of sp³-hybridized carbons (Fsp3) is 0.300. The van der Waals surface area contributed by atoms with Crippen LogP contribution in [-0.4, -0.2) is 19.5 Å². The lowest BCUT2D eigenvalue weighted by molar-refractivity contribution is 0.862. The summed E-state index contributed by atoms with van der Waals surface area (Å²) in [6, 6.07) is 1.46. The molecule has 0 radical (unpaired) electrons.